The third-order valence-electron chi connectivity index (χ3n) is 2.61. The molecule has 0 radical (unpaired) electrons. The van der Waals surface area contributed by atoms with Gasteiger partial charge in [-0.1, -0.05) is 18.2 Å². The molecule has 6 heteroatoms. The quantitative estimate of drug-likeness (QED) is 0.901. The smallest absolute Gasteiger partial charge is 0.387 e. The van der Waals surface area contributed by atoms with Crippen LogP contribution in [0.25, 0.3) is 0 Å². The molecule has 0 fully saturated rings. The summed E-state index contributed by atoms with van der Waals surface area (Å²) in [5, 5.41) is 3.02. The summed E-state index contributed by atoms with van der Waals surface area (Å²) in [4.78, 5) is 8.16. The molecule has 0 aliphatic heterocycles. The van der Waals surface area contributed by atoms with E-state index < -0.39 is 6.61 Å². The Labute approximate surface area is 109 Å². The lowest BCUT2D eigenvalue weighted by atomic mass is 10.0. The molecular formula is C13H13F2N3O. The Morgan fingerprint density at radius 3 is 2.63 bits per heavy atom. The number of rotatable bonds is 5. The van der Waals surface area contributed by atoms with E-state index >= 15 is 0 Å². The minimum absolute atomic E-state index is 0.127. The highest BCUT2D eigenvalue weighted by Gasteiger charge is 2.19. The van der Waals surface area contributed by atoms with Crippen LogP contribution >= 0.6 is 0 Å². The molecule has 0 saturated carbocycles. The highest BCUT2D eigenvalue weighted by atomic mass is 19.3. The van der Waals surface area contributed by atoms with E-state index in [0.717, 1.165) is 0 Å². The number of alkyl halides is 2. The monoisotopic (exact) mass is 265 g/mol. The molecule has 4 nitrogen and oxygen atoms in total. The minimum Gasteiger partial charge on any atom is -0.434 e. The second-order valence-corrected chi connectivity index (χ2v) is 3.77. The van der Waals surface area contributed by atoms with Gasteiger partial charge in [-0.25, -0.2) is 0 Å². The van der Waals surface area contributed by atoms with Crippen LogP contribution in [0.3, 0.4) is 0 Å². The number of aromatic nitrogens is 2. The summed E-state index contributed by atoms with van der Waals surface area (Å²) in [5.41, 5.74) is 1.22. The molecule has 1 aromatic heterocycles. The Bertz CT molecular complexity index is 522. The molecule has 19 heavy (non-hydrogen) atoms. The average molecular weight is 265 g/mol. The molecule has 2 aromatic rings. The van der Waals surface area contributed by atoms with Gasteiger partial charge in [-0.2, -0.15) is 8.78 Å². The lowest BCUT2D eigenvalue weighted by molar-refractivity contribution is -0.0506. The Morgan fingerprint density at radius 2 is 2.00 bits per heavy atom. The lowest BCUT2D eigenvalue weighted by Gasteiger charge is -2.19. The van der Waals surface area contributed by atoms with Crippen molar-refractivity contribution in [2.75, 3.05) is 7.05 Å². The third-order valence-corrected chi connectivity index (χ3v) is 2.61. The molecule has 0 saturated heterocycles. The first-order chi connectivity index (χ1) is 9.22. The van der Waals surface area contributed by atoms with Gasteiger partial charge in [0.25, 0.3) is 0 Å². The lowest BCUT2D eigenvalue weighted by Crippen LogP contribution is -2.20. The molecule has 1 heterocycles. The summed E-state index contributed by atoms with van der Waals surface area (Å²) in [5.74, 6) is 0.127. The number of hydrogen-bond donors (Lipinski definition) is 1. The number of para-hydroxylation sites is 1. The Morgan fingerprint density at radius 1 is 1.21 bits per heavy atom. The van der Waals surface area contributed by atoms with Crippen LogP contribution in [-0.2, 0) is 0 Å². The van der Waals surface area contributed by atoms with Crippen molar-refractivity contribution in [2.24, 2.45) is 0 Å². The number of hydrogen-bond acceptors (Lipinski definition) is 4. The normalized spacial score (nSPS) is 12.4. The maximum absolute atomic E-state index is 12.4. The third kappa shape index (κ3) is 3.23. The van der Waals surface area contributed by atoms with E-state index in [1.165, 1.54) is 6.07 Å². The number of nitrogens with zero attached hydrogens (tertiary/aromatic N) is 2. The van der Waals surface area contributed by atoms with E-state index in [1.807, 2.05) is 0 Å². The zero-order chi connectivity index (χ0) is 13.7. The Balaban J connectivity index is 2.38. The molecule has 0 aliphatic rings. The Kier molecular flexibility index (Phi) is 4.35. The summed E-state index contributed by atoms with van der Waals surface area (Å²) in [6.07, 6.45) is 4.69. The van der Waals surface area contributed by atoms with Crippen LogP contribution in [0.1, 0.15) is 17.3 Å². The average Bonchev–Trinajstić information content (AvgIpc) is 2.42. The van der Waals surface area contributed by atoms with Crippen LogP contribution in [0, 0.1) is 0 Å². The molecule has 0 amide bonds. The predicted molar refractivity (Wildman–Crippen MR) is 66.0 cm³/mol. The molecule has 1 unspecified atom stereocenters. The second-order valence-electron chi connectivity index (χ2n) is 3.77. The highest BCUT2D eigenvalue weighted by Crippen LogP contribution is 2.29. The van der Waals surface area contributed by atoms with Gasteiger partial charge in [0.1, 0.15) is 5.75 Å². The van der Waals surface area contributed by atoms with Crippen molar-refractivity contribution in [3.63, 3.8) is 0 Å². The van der Waals surface area contributed by atoms with Gasteiger partial charge < -0.3 is 10.1 Å². The Hall–Kier alpha value is -2.08. The van der Waals surface area contributed by atoms with Gasteiger partial charge in [-0.15, -0.1) is 0 Å². The number of nitrogens with one attached hydrogen (secondary N) is 1. The van der Waals surface area contributed by atoms with Gasteiger partial charge in [0.05, 0.1) is 17.9 Å². The van der Waals surface area contributed by atoms with E-state index in [0.29, 0.717) is 11.3 Å². The summed E-state index contributed by atoms with van der Waals surface area (Å²) in [6, 6.07) is 6.26. The highest BCUT2D eigenvalue weighted by molar-refractivity contribution is 5.39. The molecule has 0 aliphatic carbocycles. The fourth-order valence-electron chi connectivity index (χ4n) is 1.84. The topological polar surface area (TPSA) is 47.0 Å². The van der Waals surface area contributed by atoms with Gasteiger partial charge in [-0.05, 0) is 13.1 Å². The van der Waals surface area contributed by atoms with E-state index in [4.69, 9.17) is 0 Å². The van der Waals surface area contributed by atoms with E-state index in [9.17, 15) is 8.78 Å². The number of benzene rings is 1. The van der Waals surface area contributed by atoms with Gasteiger partial charge in [0.2, 0.25) is 0 Å². The zero-order valence-corrected chi connectivity index (χ0v) is 10.3. The van der Waals surface area contributed by atoms with Crippen molar-refractivity contribution in [1.82, 2.24) is 15.3 Å². The van der Waals surface area contributed by atoms with Crippen LogP contribution in [0.2, 0.25) is 0 Å². The van der Waals surface area contributed by atoms with Crippen LogP contribution < -0.4 is 10.1 Å². The number of halogens is 2. The van der Waals surface area contributed by atoms with E-state index in [-0.39, 0.29) is 11.8 Å². The first-order valence-electron chi connectivity index (χ1n) is 5.69. The largest absolute Gasteiger partial charge is 0.434 e. The number of ether oxygens (including phenoxy) is 1. The van der Waals surface area contributed by atoms with Crippen LogP contribution in [0.4, 0.5) is 8.78 Å². The van der Waals surface area contributed by atoms with Crippen LogP contribution in [0.15, 0.2) is 42.9 Å². The zero-order valence-electron chi connectivity index (χ0n) is 10.3. The first kappa shape index (κ1) is 13.4. The molecule has 1 atom stereocenters. The van der Waals surface area contributed by atoms with Crippen molar-refractivity contribution >= 4 is 0 Å². The molecular weight excluding hydrogens is 252 g/mol. The summed E-state index contributed by atoms with van der Waals surface area (Å²) < 4.78 is 29.3. The molecule has 1 N–H and O–H groups in total. The SMILES string of the molecule is CNC(c1cnccn1)c1ccccc1OC(F)F. The maximum atomic E-state index is 12.4. The predicted octanol–water partition coefficient (Wildman–Crippen LogP) is 2.39. The fourth-order valence-corrected chi connectivity index (χ4v) is 1.84. The van der Waals surface area contributed by atoms with Crippen LogP contribution in [-0.4, -0.2) is 23.6 Å². The summed E-state index contributed by atoms with van der Waals surface area (Å²) in [7, 11) is 1.72. The molecule has 100 valence electrons. The molecule has 0 spiro atoms. The summed E-state index contributed by atoms with van der Waals surface area (Å²) in [6.45, 7) is -2.86. The maximum Gasteiger partial charge on any atom is 0.387 e. The van der Waals surface area contributed by atoms with E-state index in [2.05, 4.69) is 20.0 Å². The van der Waals surface area contributed by atoms with Gasteiger partial charge in [-0.3, -0.25) is 9.97 Å². The first-order valence-corrected chi connectivity index (χ1v) is 5.69. The fraction of sp³-hybridized carbons (Fsp3) is 0.231. The van der Waals surface area contributed by atoms with Crippen molar-refractivity contribution in [2.45, 2.75) is 12.7 Å². The minimum atomic E-state index is -2.86. The van der Waals surface area contributed by atoms with Crippen molar-refractivity contribution in [1.29, 1.82) is 0 Å². The molecule has 2 rings (SSSR count). The van der Waals surface area contributed by atoms with Gasteiger partial charge in [0, 0.05) is 18.0 Å². The van der Waals surface area contributed by atoms with Gasteiger partial charge >= 0.3 is 6.61 Å². The van der Waals surface area contributed by atoms with Crippen molar-refractivity contribution in [3.8, 4) is 5.75 Å². The van der Waals surface area contributed by atoms with Crippen LogP contribution in [0.5, 0.6) is 5.75 Å². The molecule has 0 bridgehead atoms. The van der Waals surface area contributed by atoms with Gasteiger partial charge in [0.15, 0.2) is 0 Å². The van der Waals surface area contributed by atoms with Crippen molar-refractivity contribution in [3.05, 3.63) is 54.1 Å². The second kappa shape index (κ2) is 6.19. The standard InChI is InChI=1S/C13H13F2N3O/c1-16-12(10-8-17-6-7-18-10)9-4-2-3-5-11(9)19-13(14)15/h2-8,12-13,16H,1H3. The van der Waals surface area contributed by atoms with Crippen molar-refractivity contribution < 1.29 is 13.5 Å². The summed E-state index contributed by atoms with van der Waals surface area (Å²) >= 11 is 0. The van der Waals surface area contributed by atoms with E-state index in [1.54, 1.807) is 43.8 Å². The molecule has 1 aromatic carbocycles.